The summed E-state index contributed by atoms with van der Waals surface area (Å²) < 4.78 is 0. The van der Waals surface area contributed by atoms with E-state index in [1.165, 1.54) is 25.7 Å². The summed E-state index contributed by atoms with van der Waals surface area (Å²) in [6.07, 6.45) is 7.37. The zero-order valence-electron chi connectivity index (χ0n) is 14.0. The molecule has 0 aromatic carbocycles. The Bertz CT molecular complexity index is 359. The molecule has 0 nitrogen and oxygen atoms in total. The highest BCUT2D eigenvalue weighted by molar-refractivity contribution is 5.36. The summed E-state index contributed by atoms with van der Waals surface area (Å²) in [7, 11) is 0. The van der Waals surface area contributed by atoms with Gasteiger partial charge >= 0.3 is 0 Å². The molecule has 3 fully saturated rings. The van der Waals surface area contributed by atoms with Crippen LogP contribution in [0.4, 0.5) is 0 Å². The minimum atomic E-state index is 0.728. The van der Waals surface area contributed by atoms with E-state index in [9.17, 15) is 0 Å². The van der Waals surface area contributed by atoms with Crippen LogP contribution in [0.2, 0.25) is 0 Å². The Kier molecular flexibility index (Phi) is 3.12. The molecule has 3 aliphatic rings. The van der Waals surface area contributed by atoms with Gasteiger partial charge < -0.3 is 0 Å². The van der Waals surface area contributed by atoms with Gasteiger partial charge in [-0.25, -0.2) is 0 Å². The lowest BCUT2D eigenvalue weighted by atomic mass is 9.75. The van der Waals surface area contributed by atoms with Crippen LogP contribution in [-0.2, 0) is 0 Å². The van der Waals surface area contributed by atoms with E-state index in [2.05, 4.69) is 41.5 Å². The Labute approximate surface area is 120 Å². The van der Waals surface area contributed by atoms with Crippen molar-refractivity contribution in [2.75, 3.05) is 0 Å². The summed E-state index contributed by atoms with van der Waals surface area (Å²) in [5.74, 6) is 6.33. The minimum absolute atomic E-state index is 0.728. The molecule has 0 amide bonds. The van der Waals surface area contributed by atoms with Crippen LogP contribution in [0.5, 0.6) is 0 Å². The SMILES string of the molecule is CCC(C)CC1CC1CC(C)C1C2C(C)(CC)C12C. The van der Waals surface area contributed by atoms with Crippen molar-refractivity contribution in [3.05, 3.63) is 0 Å². The molecule has 0 aromatic heterocycles. The summed E-state index contributed by atoms with van der Waals surface area (Å²) in [6, 6.07) is 0. The maximum Gasteiger partial charge on any atom is -0.0199 e. The first-order valence-electron chi connectivity index (χ1n) is 8.90. The van der Waals surface area contributed by atoms with Gasteiger partial charge in [0.1, 0.15) is 0 Å². The van der Waals surface area contributed by atoms with Crippen LogP contribution in [-0.4, -0.2) is 0 Å². The molecular weight excluding hydrogens is 228 g/mol. The van der Waals surface area contributed by atoms with Gasteiger partial charge in [-0.3, -0.25) is 0 Å². The molecule has 0 saturated heterocycles. The van der Waals surface area contributed by atoms with E-state index >= 15 is 0 Å². The van der Waals surface area contributed by atoms with Crippen molar-refractivity contribution >= 4 is 0 Å². The lowest BCUT2D eigenvalue weighted by Crippen LogP contribution is -2.22. The van der Waals surface area contributed by atoms with E-state index in [1.54, 1.807) is 6.42 Å². The van der Waals surface area contributed by atoms with Crippen molar-refractivity contribution in [2.24, 2.45) is 46.3 Å². The molecule has 0 aliphatic heterocycles. The van der Waals surface area contributed by atoms with Gasteiger partial charge in [0.2, 0.25) is 0 Å². The molecule has 8 unspecified atom stereocenters. The van der Waals surface area contributed by atoms with Crippen LogP contribution in [0, 0.1) is 46.3 Å². The fraction of sp³-hybridized carbons (Fsp3) is 1.00. The predicted octanol–water partition coefficient (Wildman–Crippen LogP) is 5.77. The normalized spacial score (nSPS) is 53.4. The molecule has 110 valence electrons. The van der Waals surface area contributed by atoms with E-state index in [0.29, 0.717) is 0 Å². The zero-order chi connectivity index (χ0) is 14.0. The van der Waals surface area contributed by atoms with Crippen molar-refractivity contribution < 1.29 is 0 Å². The molecule has 0 N–H and O–H groups in total. The van der Waals surface area contributed by atoms with Gasteiger partial charge in [0.05, 0.1) is 0 Å². The van der Waals surface area contributed by atoms with E-state index in [0.717, 1.165) is 46.3 Å². The number of hydrogen-bond donors (Lipinski definition) is 0. The number of fused-ring (bicyclic) bond motifs is 1. The van der Waals surface area contributed by atoms with E-state index in [1.807, 2.05) is 0 Å². The standard InChI is InChI=1S/C19H34/c1-7-12(3)9-14-11-15(14)10-13(4)16-17-18(5,8-2)19(16,17)6/h12-17H,7-11H2,1-6H3. The Morgan fingerprint density at radius 3 is 2.16 bits per heavy atom. The van der Waals surface area contributed by atoms with Gasteiger partial charge in [0.15, 0.2) is 0 Å². The first-order valence-corrected chi connectivity index (χ1v) is 8.90. The summed E-state index contributed by atoms with van der Waals surface area (Å²) in [6.45, 7) is 14.8. The molecule has 0 aromatic rings. The maximum atomic E-state index is 2.58. The van der Waals surface area contributed by atoms with Gasteiger partial charge in [0.25, 0.3) is 0 Å². The Morgan fingerprint density at radius 2 is 1.63 bits per heavy atom. The lowest BCUT2D eigenvalue weighted by Gasteiger charge is -2.29. The fourth-order valence-electron chi connectivity index (χ4n) is 5.89. The van der Waals surface area contributed by atoms with Gasteiger partial charge in [-0.2, -0.15) is 0 Å². The van der Waals surface area contributed by atoms with Crippen molar-refractivity contribution in [1.29, 1.82) is 0 Å². The van der Waals surface area contributed by atoms with E-state index in [-0.39, 0.29) is 0 Å². The van der Waals surface area contributed by atoms with Crippen molar-refractivity contribution in [3.63, 3.8) is 0 Å². The van der Waals surface area contributed by atoms with Crippen LogP contribution in [0.3, 0.4) is 0 Å². The molecular formula is C19H34. The second-order valence-corrected chi connectivity index (χ2v) is 8.78. The molecule has 3 aliphatic carbocycles. The molecule has 0 bridgehead atoms. The van der Waals surface area contributed by atoms with Crippen molar-refractivity contribution in [2.45, 2.75) is 73.6 Å². The van der Waals surface area contributed by atoms with Crippen molar-refractivity contribution in [3.8, 4) is 0 Å². The van der Waals surface area contributed by atoms with Crippen molar-refractivity contribution in [1.82, 2.24) is 0 Å². The van der Waals surface area contributed by atoms with Gasteiger partial charge in [-0.15, -0.1) is 0 Å². The van der Waals surface area contributed by atoms with E-state index in [4.69, 9.17) is 0 Å². The Morgan fingerprint density at radius 1 is 1.05 bits per heavy atom. The Hall–Kier alpha value is 0. The van der Waals surface area contributed by atoms with Gasteiger partial charge in [-0.1, -0.05) is 48.0 Å². The quantitative estimate of drug-likeness (QED) is 0.546. The average molecular weight is 262 g/mol. The smallest absolute Gasteiger partial charge is 0.0199 e. The maximum absolute atomic E-state index is 2.58. The van der Waals surface area contributed by atoms with Crippen LogP contribution < -0.4 is 0 Å². The van der Waals surface area contributed by atoms with Crippen LogP contribution >= 0.6 is 0 Å². The third kappa shape index (κ3) is 1.84. The summed E-state index contributed by atoms with van der Waals surface area (Å²) >= 11 is 0. The fourth-order valence-corrected chi connectivity index (χ4v) is 5.89. The molecule has 0 heteroatoms. The van der Waals surface area contributed by atoms with Crippen LogP contribution in [0.25, 0.3) is 0 Å². The second-order valence-electron chi connectivity index (χ2n) is 8.78. The lowest BCUT2D eigenvalue weighted by molar-refractivity contribution is 0.192. The minimum Gasteiger partial charge on any atom is -0.0651 e. The third-order valence-electron chi connectivity index (χ3n) is 7.92. The van der Waals surface area contributed by atoms with Gasteiger partial charge in [-0.05, 0) is 72.0 Å². The van der Waals surface area contributed by atoms with Crippen LogP contribution in [0.15, 0.2) is 0 Å². The molecule has 0 radical (unpaired) electrons. The molecule has 0 spiro atoms. The predicted molar refractivity (Wildman–Crippen MR) is 82.9 cm³/mol. The molecule has 8 atom stereocenters. The zero-order valence-corrected chi connectivity index (χ0v) is 14.0. The summed E-state index contributed by atoms with van der Waals surface area (Å²) in [4.78, 5) is 0. The number of hydrogen-bond acceptors (Lipinski definition) is 0. The molecule has 3 rings (SSSR count). The average Bonchev–Trinajstić information content (AvgIpc) is 3.29. The monoisotopic (exact) mass is 262 g/mol. The summed E-state index contributed by atoms with van der Waals surface area (Å²) in [5.41, 5.74) is 1.48. The van der Waals surface area contributed by atoms with Crippen LogP contribution in [0.1, 0.15) is 73.6 Å². The molecule has 19 heavy (non-hydrogen) atoms. The highest BCUT2D eigenvalue weighted by atomic mass is 14.9. The Balaban J connectivity index is 1.42. The van der Waals surface area contributed by atoms with E-state index < -0.39 is 0 Å². The first-order chi connectivity index (χ1) is 8.90. The van der Waals surface area contributed by atoms with Gasteiger partial charge in [0, 0.05) is 0 Å². The summed E-state index contributed by atoms with van der Waals surface area (Å²) in [5, 5.41) is 0. The molecule has 3 saturated carbocycles. The highest BCUT2D eigenvalue weighted by Gasteiger charge is 2.89. The number of rotatable bonds is 7. The largest absolute Gasteiger partial charge is 0.0651 e. The first kappa shape index (κ1) is 14.0. The molecule has 0 heterocycles. The topological polar surface area (TPSA) is 0 Å². The second kappa shape index (κ2) is 4.25. The highest BCUT2D eigenvalue weighted by Crippen LogP contribution is 2.93. The third-order valence-corrected chi connectivity index (χ3v) is 7.92.